The summed E-state index contributed by atoms with van der Waals surface area (Å²) < 4.78 is 14.9. The lowest BCUT2D eigenvalue weighted by molar-refractivity contribution is -0.137. The highest BCUT2D eigenvalue weighted by Crippen LogP contribution is 2.31. The normalized spacial score (nSPS) is 11.1. The van der Waals surface area contributed by atoms with Gasteiger partial charge in [0, 0.05) is 30.3 Å². The molecule has 0 amide bonds. The summed E-state index contributed by atoms with van der Waals surface area (Å²) in [7, 11) is 0. The summed E-state index contributed by atoms with van der Waals surface area (Å²) in [6.45, 7) is 0.273. The van der Waals surface area contributed by atoms with Crippen molar-refractivity contribution in [2.75, 3.05) is 0 Å². The molecule has 4 aromatic rings. The van der Waals surface area contributed by atoms with Crippen LogP contribution < -0.4 is 5.56 Å². The van der Waals surface area contributed by atoms with Crippen LogP contribution in [0.1, 0.15) is 24.2 Å². The molecule has 7 heteroatoms. The van der Waals surface area contributed by atoms with Crippen molar-refractivity contribution in [2.45, 2.75) is 25.8 Å². The fourth-order valence-electron chi connectivity index (χ4n) is 3.44. The van der Waals surface area contributed by atoms with Crippen LogP contribution >= 0.6 is 11.3 Å². The molecular weight excluding hydrogens is 403 g/mol. The number of carbonyl (C=O) groups is 1. The van der Waals surface area contributed by atoms with Gasteiger partial charge in [-0.15, -0.1) is 11.3 Å². The van der Waals surface area contributed by atoms with Crippen LogP contribution in [0.15, 0.2) is 64.8 Å². The van der Waals surface area contributed by atoms with Gasteiger partial charge in [0.2, 0.25) is 0 Å². The minimum absolute atomic E-state index is 0.0241. The molecule has 152 valence electrons. The maximum Gasteiger partial charge on any atom is 0.303 e. The number of aromatic nitrogens is 2. The fraction of sp³-hybridized carbons (Fsp3) is 0.174. The van der Waals surface area contributed by atoms with Crippen LogP contribution in [0.4, 0.5) is 4.39 Å². The predicted molar refractivity (Wildman–Crippen MR) is 115 cm³/mol. The first-order chi connectivity index (χ1) is 14.5. The number of rotatable bonds is 7. The van der Waals surface area contributed by atoms with Gasteiger partial charge in [-0.05, 0) is 29.7 Å². The number of benzene rings is 2. The zero-order chi connectivity index (χ0) is 21.1. The molecular formula is C23H19FN2O3S. The Kier molecular flexibility index (Phi) is 5.72. The van der Waals surface area contributed by atoms with Gasteiger partial charge in [0.1, 0.15) is 16.5 Å². The average molecular weight is 422 g/mol. The van der Waals surface area contributed by atoms with Gasteiger partial charge in [0.25, 0.3) is 5.56 Å². The highest BCUT2D eigenvalue weighted by Gasteiger charge is 2.17. The lowest BCUT2D eigenvalue weighted by atomic mass is 10.1. The number of hydrogen-bond acceptors (Lipinski definition) is 4. The Bertz CT molecular complexity index is 1250. The molecule has 1 N–H and O–H groups in total. The number of aliphatic carboxylic acids is 1. The van der Waals surface area contributed by atoms with Crippen molar-refractivity contribution in [1.29, 1.82) is 0 Å². The summed E-state index contributed by atoms with van der Waals surface area (Å²) in [5.74, 6) is -0.631. The quantitative estimate of drug-likeness (QED) is 0.468. The molecule has 0 radical (unpaired) electrons. The lowest BCUT2D eigenvalue weighted by Crippen LogP contribution is -2.26. The summed E-state index contributed by atoms with van der Waals surface area (Å²) in [5.41, 5.74) is 2.28. The molecule has 0 aliphatic carbocycles. The molecule has 0 saturated carbocycles. The summed E-state index contributed by atoms with van der Waals surface area (Å²) in [5, 5.41) is 11.3. The van der Waals surface area contributed by atoms with Crippen LogP contribution in [0.25, 0.3) is 21.3 Å². The van der Waals surface area contributed by atoms with Gasteiger partial charge in [-0.2, -0.15) is 0 Å². The third-order valence-electron chi connectivity index (χ3n) is 4.91. The average Bonchev–Trinajstić information content (AvgIpc) is 3.15. The number of carboxylic acid groups (broad SMARTS) is 1. The van der Waals surface area contributed by atoms with Gasteiger partial charge in [0.15, 0.2) is 0 Å². The second-order valence-electron chi connectivity index (χ2n) is 6.98. The molecule has 4 rings (SSSR count). The molecule has 0 spiro atoms. The molecule has 2 heterocycles. The molecule has 0 bridgehead atoms. The van der Waals surface area contributed by atoms with Gasteiger partial charge in [-0.25, -0.2) is 9.37 Å². The third kappa shape index (κ3) is 4.16. The number of hydrogen-bond donors (Lipinski definition) is 1. The molecule has 30 heavy (non-hydrogen) atoms. The Hall–Kier alpha value is -3.32. The van der Waals surface area contributed by atoms with E-state index in [4.69, 9.17) is 10.1 Å². The maximum atomic E-state index is 13.4. The Morgan fingerprint density at radius 3 is 2.53 bits per heavy atom. The molecule has 2 aromatic heterocycles. The van der Waals surface area contributed by atoms with E-state index in [-0.39, 0.29) is 24.3 Å². The summed E-state index contributed by atoms with van der Waals surface area (Å²) >= 11 is 1.38. The van der Waals surface area contributed by atoms with Crippen LogP contribution in [0.3, 0.4) is 0 Å². The molecule has 5 nitrogen and oxygen atoms in total. The Morgan fingerprint density at radius 1 is 1.10 bits per heavy atom. The second kappa shape index (κ2) is 8.59. The predicted octanol–water partition coefficient (Wildman–Crippen LogP) is 4.72. The van der Waals surface area contributed by atoms with Gasteiger partial charge in [-0.3, -0.25) is 14.2 Å². The van der Waals surface area contributed by atoms with Gasteiger partial charge < -0.3 is 5.11 Å². The van der Waals surface area contributed by atoms with E-state index in [1.807, 2.05) is 35.7 Å². The zero-order valence-corrected chi connectivity index (χ0v) is 16.9. The smallest absolute Gasteiger partial charge is 0.303 e. The standard InChI is InChI=1S/C23H19FN2O3S/c24-17-10-8-16(9-11-17)18-14-30-22-21(18)23(29)26(12-4-7-20(27)28)19(25-22)13-15-5-2-1-3-6-15/h1-3,5-6,8-11,14H,4,7,12-13H2,(H,27,28). The van der Waals surface area contributed by atoms with Crippen molar-refractivity contribution in [3.05, 3.63) is 87.5 Å². The van der Waals surface area contributed by atoms with E-state index < -0.39 is 5.97 Å². The molecule has 0 saturated heterocycles. The van der Waals surface area contributed by atoms with Crippen LogP contribution in [-0.2, 0) is 17.8 Å². The highest BCUT2D eigenvalue weighted by atomic mass is 32.1. The zero-order valence-electron chi connectivity index (χ0n) is 16.0. The second-order valence-corrected chi connectivity index (χ2v) is 7.84. The largest absolute Gasteiger partial charge is 0.481 e. The van der Waals surface area contributed by atoms with E-state index >= 15 is 0 Å². The molecule has 2 aromatic carbocycles. The number of nitrogens with zero attached hydrogens (tertiary/aromatic N) is 2. The van der Waals surface area contributed by atoms with E-state index in [9.17, 15) is 14.0 Å². The first-order valence-electron chi connectivity index (χ1n) is 9.55. The summed E-state index contributed by atoms with van der Waals surface area (Å²) in [4.78, 5) is 29.8. The van der Waals surface area contributed by atoms with Crippen molar-refractivity contribution < 1.29 is 14.3 Å². The first-order valence-corrected chi connectivity index (χ1v) is 10.4. The molecule has 0 fully saturated rings. The van der Waals surface area contributed by atoms with Crippen molar-refractivity contribution in [3.63, 3.8) is 0 Å². The SMILES string of the molecule is O=C(O)CCCn1c(Cc2ccccc2)nc2scc(-c3ccc(F)cc3)c2c1=O. The van der Waals surface area contributed by atoms with E-state index in [2.05, 4.69) is 0 Å². The molecule has 0 aliphatic rings. The van der Waals surface area contributed by atoms with Crippen molar-refractivity contribution >= 4 is 27.5 Å². The van der Waals surface area contributed by atoms with Crippen LogP contribution in [0.5, 0.6) is 0 Å². The minimum Gasteiger partial charge on any atom is -0.481 e. The number of fused-ring (bicyclic) bond motifs is 1. The summed E-state index contributed by atoms with van der Waals surface area (Å²) in [6.07, 6.45) is 0.785. The Labute approximate surface area is 176 Å². The van der Waals surface area contributed by atoms with E-state index in [1.54, 1.807) is 16.7 Å². The van der Waals surface area contributed by atoms with Crippen LogP contribution in [0.2, 0.25) is 0 Å². The summed E-state index contributed by atoms with van der Waals surface area (Å²) in [6, 6.07) is 15.7. The highest BCUT2D eigenvalue weighted by molar-refractivity contribution is 7.17. The fourth-order valence-corrected chi connectivity index (χ4v) is 4.40. The molecule has 0 unspecified atom stereocenters. The molecule has 0 aliphatic heterocycles. The number of carboxylic acids is 1. The van der Waals surface area contributed by atoms with Crippen LogP contribution in [0, 0.1) is 5.82 Å². The van der Waals surface area contributed by atoms with Crippen molar-refractivity contribution in [3.8, 4) is 11.1 Å². The van der Waals surface area contributed by atoms with E-state index in [1.165, 1.54) is 23.5 Å². The van der Waals surface area contributed by atoms with Crippen molar-refractivity contribution in [1.82, 2.24) is 9.55 Å². The topological polar surface area (TPSA) is 72.2 Å². The Balaban J connectivity index is 1.83. The maximum absolute atomic E-state index is 13.4. The van der Waals surface area contributed by atoms with E-state index in [0.29, 0.717) is 34.4 Å². The monoisotopic (exact) mass is 422 g/mol. The molecule has 0 atom stereocenters. The van der Waals surface area contributed by atoms with Crippen molar-refractivity contribution in [2.24, 2.45) is 0 Å². The minimum atomic E-state index is -0.899. The van der Waals surface area contributed by atoms with Crippen LogP contribution in [-0.4, -0.2) is 20.6 Å². The lowest BCUT2D eigenvalue weighted by Gasteiger charge is -2.13. The Morgan fingerprint density at radius 2 is 1.83 bits per heavy atom. The van der Waals surface area contributed by atoms with Gasteiger partial charge >= 0.3 is 5.97 Å². The van der Waals surface area contributed by atoms with Gasteiger partial charge in [-0.1, -0.05) is 42.5 Å². The van der Waals surface area contributed by atoms with Gasteiger partial charge in [0.05, 0.1) is 5.39 Å². The van der Waals surface area contributed by atoms with E-state index in [0.717, 1.165) is 11.1 Å². The first kappa shape index (κ1) is 20.0. The number of halogens is 1. The number of thiophene rings is 1. The third-order valence-corrected chi connectivity index (χ3v) is 5.78.